The van der Waals surface area contributed by atoms with Gasteiger partial charge in [-0.3, -0.25) is 14.9 Å². The predicted molar refractivity (Wildman–Crippen MR) is 89.4 cm³/mol. The molecule has 0 atom stereocenters. The summed E-state index contributed by atoms with van der Waals surface area (Å²) in [4.78, 5) is 29.2. The molecule has 24 heavy (non-hydrogen) atoms. The number of morpholine rings is 1. The second-order valence-electron chi connectivity index (χ2n) is 5.16. The molecular formula is C15H16N4O4S. The minimum atomic E-state index is -0.501. The molecule has 1 saturated heterocycles. The van der Waals surface area contributed by atoms with Crippen molar-refractivity contribution in [1.82, 2.24) is 10.3 Å². The van der Waals surface area contributed by atoms with Gasteiger partial charge in [0.05, 0.1) is 23.0 Å². The molecule has 1 aliphatic rings. The Kier molecular flexibility index (Phi) is 5.02. The Balaban J connectivity index is 1.67. The summed E-state index contributed by atoms with van der Waals surface area (Å²) in [5.41, 5.74) is 0.902. The number of nitrogens with zero attached hydrogens (tertiary/aromatic N) is 3. The van der Waals surface area contributed by atoms with Crippen LogP contribution in [0.3, 0.4) is 0 Å². The Bertz CT molecular complexity index is 743. The fourth-order valence-corrected chi connectivity index (χ4v) is 3.18. The molecule has 1 amide bonds. The van der Waals surface area contributed by atoms with Crippen molar-refractivity contribution in [3.05, 3.63) is 51.0 Å². The first-order valence-electron chi connectivity index (χ1n) is 7.44. The van der Waals surface area contributed by atoms with Gasteiger partial charge < -0.3 is 15.0 Å². The van der Waals surface area contributed by atoms with Gasteiger partial charge in [-0.1, -0.05) is 17.4 Å². The summed E-state index contributed by atoms with van der Waals surface area (Å²) in [5.74, 6) is 0.503. The number of carbonyl (C=O) groups is 1. The largest absolute Gasteiger partial charge is 0.378 e. The zero-order valence-corrected chi connectivity index (χ0v) is 13.6. The standard InChI is InChI=1S/C15H16N4O4S/c20-15(12-3-4-13(24-12)19(21)22)17-10-11-2-1-5-16-14(11)18-6-8-23-9-7-18/h1-5H,6-10H2,(H,17,20). The number of hydrogen-bond donors (Lipinski definition) is 1. The summed E-state index contributed by atoms with van der Waals surface area (Å²) in [6.07, 6.45) is 1.72. The molecule has 0 aliphatic carbocycles. The van der Waals surface area contributed by atoms with Crippen LogP contribution in [0.2, 0.25) is 0 Å². The van der Waals surface area contributed by atoms with Crippen LogP contribution in [0.25, 0.3) is 0 Å². The Morgan fingerprint density at radius 3 is 2.88 bits per heavy atom. The molecule has 0 aromatic carbocycles. The maximum absolute atomic E-state index is 12.2. The molecule has 1 fully saturated rings. The third-order valence-corrected chi connectivity index (χ3v) is 4.65. The van der Waals surface area contributed by atoms with Gasteiger partial charge in [0, 0.05) is 37.5 Å². The highest BCUT2D eigenvalue weighted by molar-refractivity contribution is 7.17. The topological polar surface area (TPSA) is 97.6 Å². The highest BCUT2D eigenvalue weighted by Crippen LogP contribution is 2.24. The van der Waals surface area contributed by atoms with E-state index in [1.54, 1.807) is 6.20 Å². The lowest BCUT2D eigenvalue weighted by Gasteiger charge is -2.29. The van der Waals surface area contributed by atoms with E-state index in [0.29, 0.717) is 24.6 Å². The van der Waals surface area contributed by atoms with Crippen LogP contribution in [0, 0.1) is 10.1 Å². The molecule has 126 valence electrons. The highest BCUT2D eigenvalue weighted by Gasteiger charge is 2.18. The molecule has 2 aromatic rings. The van der Waals surface area contributed by atoms with E-state index < -0.39 is 4.92 Å². The molecule has 1 N–H and O–H groups in total. The van der Waals surface area contributed by atoms with Crippen molar-refractivity contribution in [3.8, 4) is 0 Å². The number of nitro groups is 1. The molecule has 0 unspecified atom stereocenters. The van der Waals surface area contributed by atoms with Crippen molar-refractivity contribution in [2.75, 3.05) is 31.2 Å². The van der Waals surface area contributed by atoms with E-state index in [1.165, 1.54) is 12.1 Å². The van der Waals surface area contributed by atoms with Gasteiger partial charge in [0.25, 0.3) is 5.91 Å². The van der Waals surface area contributed by atoms with Crippen LogP contribution in [0.5, 0.6) is 0 Å². The maximum atomic E-state index is 12.2. The first-order valence-corrected chi connectivity index (χ1v) is 8.26. The van der Waals surface area contributed by atoms with Crippen LogP contribution >= 0.6 is 11.3 Å². The number of nitrogens with one attached hydrogen (secondary N) is 1. The monoisotopic (exact) mass is 348 g/mol. The Hall–Kier alpha value is -2.52. The number of pyridine rings is 1. The SMILES string of the molecule is O=C(NCc1cccnc1N1CCOCC1)c1ccc([N+](=O)[O-])s1. The quantitative estimate of drug-likeness (QED) is 0.654. The number of carbonyl (C=O) groups excluding carboxylic acids is 1. The van der Waals surface area contributed by atoms with Crippen LogP contribution in [-0.4, -0.2) is 42.1 Å². The molecule has 3 heterocycles. The van der Waals surface area contributed by atoms with Crippen molar-refractivity contribution < 1.29 is 14.5 Å². The van der Waals surface area contributed by atoms with Crippen molar-refractivity contribution in [2.45, 2.75) is 6.54 Å². The van der Waals surface area contributed by atoms with E-state index in [9.17, 15) is 14.9 Å². The predicted octanol–water partition coefficient (Wildman–Crippen LogP) is 1.82. The van der Waals surface area contributed by atoms with Crippen LogP contribution in [0.4, 0.5) is 10.8 Å². The van der Waals surface area contributed by atoms with Crippen LogP contribution in [0.1, 0.15) is 15.2 Å². The van der Waals surface area contributed by atoms with E-state index >= 15 is 0 Å². The number of aromatic nitrogens is 1. The van der Waals surface area contributed by atoms with Crippen LogP contribution in [-0.2, 0) is 11.3 Å². The lowest BCUT2D eigenvalue weighted by atomic mass is 10.2. The normalized spacial score (nSPS) is 14.4. The molecule has 0 bridgehead atoms. The average molecular weight is 348 g/mol. The average Bonchev–Trinajstić information content (AvgIpc) is 3.11. The first-order chi connectivity index (χ1) is 11.6. The lowest BCUT2D eigenvalue weighted by molar-refractivity contribution is -0.380. The number of rotatable bonds is 5. The zero-order valence-electron chi connectivity index (χ0n) is 12.8. The summed E-state index contributed by atoms with van der Waals surface area (Å²) < 4.78 is 5.35. The molecule has 1 aliphatic heterocycles. The van der Waals surface area contributed by atoms with Gasteiger partial charge in [-0.05, 0) is 12.1 Å². The van der Waals surface area contributed by atoms with Crippen molar-refractivity contribution >= 4 is 28.1 Å². The smallest absolute Gasteiger partial charge is 0.324 e. The minimum Gasteiger partial charge on any atom is -0.378 e. The Morgan fingerprint density at radius 2 is 2.17 bits per heavy atom. The summed E-state index contributed by atoms with van der Waals surface area (Å²) in [6.45, 7) is 3.14. The number of ether oxygens (including phenoxy) is 1. The summed E-state index contributed by atoms with van der Waals surface area (Å²) >= 11 is 0.863. The number of hydrogen-bond acceptors (Lipinski definition) is 7. The van der Waals surface area contributed by atoms with E-state index in [-0.39, 0.29) is 10.9 Å². The van der Waals surface area contributed by atoms with Gasteiger partial charge in [-0.15, -0.1) is 0 Å². The number of anilines is 1. The fraction of sp³-hybridized carbons (Fsp3) is 0.333. The van der Waals surface area contributed by atoms with Gasteiger partial charge in [0.1, 0.15) is 5.82 Å². The van der Waals surface area contributed by atoms with Crippen LogP contribution in [0.15, 0.2) is 30.5 Å². The second kappa shape index (κ2) is 7.37. The van der Waals surface area contributed by atoms with E-state index in [2.05, 4.69) is 15.2 Å². The van der Waals surface area contributed by atoms with Crippen LogP contribution < -0.4 is 10.2 Å². The van der Waals surface area contributed by atoms with Gasteiger partial charge in [0.2, 0.25) is 0 Å². The summed E-state index contributed by atoms with van der Waals surface area (Å²) in [5, 5.41) is 13.4. The third-order valence-electron chi connectivity index (χ3n) is 3.61. The maximum Gasteiger partial charge on any atom is 0.324 e. The number of thiophene rings is 1. The second-order valence-corrected chi connectivity index (χ2v) is 6.23. The van der Waals surface area contributed by atoms with E-state index in [1.807, 2.05) is 12.1 Å². The van der Waals surface area contributed by atoms with Gasteiger partial charge in [-0.25, -0.2) is 4.98 Å². The number of amides is 1. The molecule has 0 radical (unpaired) electrons. The molecule has 8 nitrogen and oxygen atoms in total. The minimum absolute atomic E-state index is 0.0458. The fourth-order valence-electron chi connectivity index (χ4n) is 2.44. The Morgan fingerprint density at radius 1 is 1.38 bits per heavy atom. The zero-order chi connectivity index (χ0) is 16.9. The first kappa shape index (κ1) is 16.3. The van der Waals surface area contributed by atoms with Gasteiger partial charge in [-0.2, -0.15) is 0 Å². The van der Waals surface area contributed by atoms with E-state index in [4.69, 9.17) is 4.74 Å². The van der Waals surface area contributed by atoms with Gasteiger partial charge in [0.15, 0.2) is 0 Å². The van der Waals surface area contributed by atoms with Gasteiger partial charge >= 0.3 is 5.00 Å². The van der Waals surface area contributed by atoms with Crippen molar-refractivity contribution in [3.63, 3.8) is 0 Å². The molecule has 3 rings (SSSR count). The van der Waals surface area contributed by atoms with Crippen molar-refractivity contribution in [1.29, 1.82) is 0 Å². The summed E-state index contributed by atoms with van der Waals surface area (Å²) in [6, 6.07) is 6.53. The van der Waals surface area contributed by atoms with E-state index in [0.717, 1.165) is 35.8 Å². The third kappa shape index (κ3) is 3.69. The Labute approximate surface area is 142 Å². The molecular weight excluding hydrogens is 332 g/mol. The lowest BCUT2D eigenvalue weighted by Crippen LogP contribution is -2.37. The molecule has 2 aromatic heterocycles. The molecule has 0 spiro atoms. The summed E-state index contributed by atoms with van der Waals surface area (Å²) in [7, 11) is 0. The van der Waals surface area contributed by atoms with Crippen molar-refractivity contribution in [2.24, 2.45) is 0 Å². The highest BCUT2D eigenvalue weighted by atomic mass is 32.1. The molecule has 9 heteroatoms. The molecule has 0 saturated carbocycles.